The third kappa shape index (κ3) is 2.84. The van der Waals surface area contributed by atoms with Gasteiger partial charge in [-0.2, -0.15) is 0 Å². The quantitative estimate of drug-likeness (QED) is 0.660. The van der Waals surface area contributed by atoms with E-state index in [1.54, 1.807) is 0 Å². The van der Waals surface area contributed by atoms with Gasteiger partial charge in [-0.05, 0) is 36.5 Å². The highest BCUT2D eigenvalue weighted by molar-refractivity contribution is 5.97. The molecule has 0 bridgehead atoms. The molecule has 2 aliphatic rings. The first kappa shape index (κ1) is 14.2. The van der Waals surface area contributed by atoms with E-state index in [-0.39, 0.29) is 5.79 Å². The van der Waals surface area contributed by atoms with Crippen molar-refractivity contribution in [3.05, 3.63) is 29.8 Å². The van der Waals surface area contributed by atoms with Crippen molar-refractivity contribution in [3.8, 4) is 0 Å². The fraction of sp³-hybridized carbons (Fsp3) is 0.500. The van der Waals surface area contributed by atoms with Gasteiger partial charge in [0.15, 0.2) is 5.79 Å². The lowest BCUT2D eigenvalue weighted by Crippen LogP contribution is -2.34. The van der Waals surface area contributed by atoms with Crippen LogP contribution in [0.25, 0.3) is 0 Å². The van der Waals surface area contributed by atoms with Gasteiger partial charge in [0.25, 0.3) is 0 Å². The van der Waals surface area contributed by atoms with Gasteiger partial charge in [-0.1, -0.05) is 12.1 Å². The van der Waals surface area contributed by atoms with Gasteiger partial charge in [-0.3, -0.25) is 15.7 Å². The van der Waals surface area contributed by atoms with Gasteiger partial charge in [-0.15, -0.1) is 0 Å². The van der Waals surface area contributed by atoms with E-state index in [1.807, 2.05) is 12.1 Å². The molecule has 0 atom stereocenters. The fourth-order valence-electron chi connectivity index (χ4n) is 3.28. The molecule has 1 saturated heterocycles. The molecule has 112 valence electrons. The van der Waals surface area contributed by atoms with Gasteiger partial charge in [0.2, 0.25) is 0 Å². The van der Waals surface area contributed by atoms with E-state index in [0.717, 1.165) is 57.3 Å². The Hall–Kier alpha value is -1.72. The summed E-state index contributed by atoms with van der Waals surface area (Å²) >= 11 is 0. The summed E-state index contributed by atoms with van der Waals surface area (Å²) in [5.41, 5.74) is 2.17. The van der Waals surface area contributed by atoms with E-state index >= 15 is 0 Å². The van der Waals surface area contributed by atoms with E-state index in [4.69, 9.17) is 20.3 Å². The second-order valence-electron chi connectivity index (χ2n) is 5.64. The standard InChI is InChI=1S/C16H21N3O2/c17-11-19(12-18)15-3-1-13(2-4-15)14-5-7-16(8-6-14)20-9-10-21-16/h1-4,11-12,14,17-18H,5-10H2. The minimum absolute atomic E-state index is 0.298. The topological polar surface area (TPSA) is 69.4 Å². The van der Waals surface area contributed by atoms with E-state index in [1.165, 1.54) is 10.5 Å². The molecule has 3 rings (SSSR count). The molecule has 1 aliphatic heterocycles. The number of rotatable bonds is 4. The molecule has 5 nitrogen and oxygen atoms in total. The van der Waals surface area contributed by atoms with Crippen LogP contribution in [0.4, 0.5) is 5.69 Å². The number of ether oxygens (including phenoxy) is 2. The molecular formula is C16H21N3O2. The van der Waals surface area contributed by atoms with Crippen molar-refractivity contribution < 1.29 is 9.47 Å². The van der Waals surface area contributed by atoms with E-state index < -0.39 is 0 Å². The largest absolute Gasteiger partial charge is 0.348 e. The Balaban J connectivity index is 1.65. The summed E-state index contributed by atoms with van der Waals surface area (Å²) in [4.78, 5) is 1.47. The summed E-state index contributed by atoms with van der Waals surface area (Å²) in [6.07, 6.45) is 6.37. The summed E-state index contributed by atoms with van der Waals surface area (Å²) in [6.45, 7) is 1.45. The van der Waals surface area contributed by atoms with Crippen molar-refractivity contribution in [2.75, 3.05) is 18.1 Å². The van der Waals surface area contributed by atoms with Crippen LogP contribution in [0.15, 0.2) is 24.3 Å². The van der Waals surface area contributed by atoms with Crippen LogP contribution in [0.2, 0.25) is 0 Å². The minimum Gasteiger partial charge on any atom is -0.348 e. The number of nitrogens with zero attached hydrogens (tertiary/aromatic N) is 1. The molecule has 1 saturated carbocycles. The Kier molecular flexibility index (Phi) is 4.03. The summed E-state index contributed by atoms with van der Waals surface area (Å²) in [7, 11) is 0. The molecule has 0 amide bonds. The van der Waals surface area contributed by atoms with Gasteiger partial charge in [-0.25, -0.2) is 0 Å². The number of hydrogen-bond donors (Lipinski definition) is 2. The molecule has 2 fully saturated rings. The first-order chi connectivity index (χ1) is 10.3. The summed E-state index contributed by atoms with van der Waals surface area (Å²) in [5, 5.41) is 14.5. The Bertz CT molecular complexity index is 491. The third-order valence-electron chi connectivity index (χ3n) is 4.50. The summed E-state index contributed by atoms with van der Waals surface area (Å²) in [6, 6.07) is 8.15. The maximum Gasteiger partial charge on any atom is 0.168 e. The molecular weight excluding hydrogens is 266 g/mol. The fourth-order valence-corrected chi connectivity index (χ4v) is 3.28. The lowest BCUT2D eigenvalue weighted by Gasteiger charge is -2.35. The molecule has 1 spiro atoms. The van der Waals surface area contributed by atoms with E-state index in [2.05, 4.69) is 12.1 Å². The average Bonchev–Trinajstić information content (AvgIpc) is 2.98. The maximum absolute atomic E-state index is 7.26. The molecule has 1 aliphatic carbocycles. The van der Waals surface area contributed by atoms with Gasteiger partial charge in [0.1, 0.15) is 0 Å². The van der Waals surface area contributed by atoms with Crippen molar-refractivity contribution >= 4 is 18.4 Å². The highest BCUT2D eigenvalue weighted by atomic mass is 16.7. The van der Waals surface area contributed by atoms with Crippen LogP contribution in [0.3, 0.4) is 0 Å². The molecule has 21 heavy (non-hydrogen) atoms. The van der Waals surface area contributed by atoms with Crippen molar-refractivity contribution in [3.63, 3.8) is 0 Å². The Morgan fingerprint density at radius 1 is 1.00 bits per heavy atom. The molecule has 1 aromatic rings. The molecule has 1 aromatic carbocycles. The minimum atomic E-state index is -0.298. The van der Waals surface area contributed by atoms with Crippen molar-refractivity contribution in [1.29, 1.82) is 10.8 Å². The smallest absolute Gasteiger partial charge is 0.168 e. The second-order valence-corrected chi connectivity index (χ2v) is 5.64. The number of hydrogen-bond acceptors (Lipinski definition) is 4. The normalized spacial score (nSPS) is 21.3. The summed E-state index contributed by atoms with van der Waals surface area (Å²) in [5.74, 6) is 0.249. The van der Waals surface area contributed by atoms with E-state index in [9.17, 15) is 0 Å². The molecule has 2 N–H and O–H groups in total. The highest BCUT2D eigenvalue weighted by Gasteiger charge is 2.40. The van der Waals surface area contributed by atoms with Crippen molar-refractivity contribution in [2.45, 2.75) is 37.4 Å². The Labute approximate surface area is 124 Å². The molecule has 0 aromatic heterocycles. The number of nitrogens with one attached hydrogen (secondary N) is 2. The zero-order valence-corrected chi connectivity index (χ0v) is 12.0. The lowest BCUT2D eigenvalue weighted by molar-refractivity contribution is -0.178. The zero-order chi connectivity index (χ0) is 14.7. The van der Waals surface area contributed by atoms with Gasteiger partial charge >= 0.3 is 0 Å². The van der Waals surface area contributed by atoms with Crippen LogP contribution < -0.4 is 4.90 Å². The van der Waals surface area contributed by atoms with Crippen LogP contribution in [-0.4, -0.2) is 31.7 Å². The SMILES string of the molecule is N=CN(C=N)c1ccc(C2CCC3(CC2)OCCO3)cc1. The number of anilines is 1. The van der Waals surface area contributed by atoms with Gasteiger partial charge in [0, 0.05) is 18.5 Å². The highest BCUT2D eigenvalue weighted by Crippen LogP contribution is 2.42. The summed E-state index contributed by atoms with van der Waals surface area (Å²) < 4.78 is 11.5. The van der Waals surface area contributed by atoms with Gasteiger partial charge < -0.3 is 9.47 Å². The molecule has 0 radical (unpaired) electrons. The molecule has 5 heteroatoms. The Morgan fingerprint density at radius 2 is 1.57 bits per heavy atom. The zero-order valence-electron chi connectivity index (χ0n) is 12.0. The van der Waals surface area contributed by atoms with Crippen LogP contribution in [0.5, 0.6) is 0 Å². The van der Waals surface area contributed by atoms with Crippen LogP contribution >= 0.6 is 0 Å². The van der Waals surface area contributed by atoms with Crippen molar-refractivity contribution in [1.82, 2.24) is 0 Å². The monoisotopic (exact) mass is 287 g/mol. The van der Waals surface area contributed by atoms with Crippen LogP contribution in [-0.2, 0) is 9.47 Å². The Morgan fingerprint density at radius 3 is 2.10 bits per heavy atom. The molecule has 1 heterocycles. The van der Waals surface area contributed by atoms with Crippen molar-refractivity contribution in [2.24, 2.45) is 0 Å². The molecule has 0 unspecified atom stereocenters. The predicted octanol–water partition coefficient (Wildman–Crippen LogP) is 3.11. The first-order valence-electron chi connectivity index (χ1n) is 7.44. The maximum atomic E-state index is 7.26. The van der Waals surface area contributed by atoms with Crippen LogP contribution in [0.1, 0.15) is 37.2 Å². The van der Waals surface area contributed by atoms with Gasteiger partial charge in [0.05, 0.1) is 25.9 Å². The first-order valence-corrected chi connectivity index (χ1v) is 7.44. The van der Waals surface area contributed by atoms with E-state index in [0.29, 0.717) is 5.92 Å². The third-order valence-corrected chi connectivity index (χ3v) is 4.50. The van der Waals surface area contributed by atoms with Crippen LogP contribution in [0, 0.1) is 10.8 Å². The number of benzene rings is 1. The average molecular weight is 287 g/mol. The second kappa shape index (κ2) is 5.95. The predicted molar refractivity (Wildman–Crippen MR) is 82.3 cm³/mol. The lowest BCUT2D eigenvalue weighted by atomic mass is 9.81.